The van der Waals surface area contributed by atoms with Gasteiger partial charge in [0.05, 0.1) is 0 Å². The lowest BCUT2D eigenvalue weighted by Crippen LogP contribution is -1.98. The summed E-state index contributed by atoms with van der Waals surface area (Å²) in [5, 5.41) is 0. The normalized spacial score (nSPS) is 12.8. The maximum absolute atomic E-state index is 4.26. The zero-order chi connectivity index (χ0) is 9.68. The maximum atomic E-state index is 4.26. The van der Waals surface area contributed by atoms with Crippen molar-refractivity contribution in [3.8, 4) is 0 Å². The summed E-state index contributed by atoms with van der Waals surface area (Å²) in [5.74, 6) is 2.75. The van der Waals surface area contributed by atoms with Gasteiger partial charge in [0.25, 0.3) is 0 Å². The van der Waals surface area contributed by atoms with E-state index in [1.54, 1.807) is 0 Å². The van der Waals surface area contributed by atoms with E-state index in [-0.39, 0.29) is 0 Å². The monoisotopic (exact) mass is 276 g/mol. The van der Waals surface area contributed by atoms with E-state index in [0.717, 1.165) is 11.5 Å². The molecular formula is C10H13BrS2. The van der Waals surface area contributed by atoms with Gasteiger partial charge in [0.2, 0.25) is 0 Å². The standard InChI is InChI=1S/C10H13BrS2/c1-8(6-12)7-13-10-5-3-2-4-9(10)11/h2-5,8,12H,6-7H2,1H3. The van der Waals surface area contributed by atoms with Crippen LogP contribution in [-0.4, -0.2) is 11.5 Å². The minimum atomic E-state index is 0.667. The third kappa shape index (κ3) is 3.96. The molecule has 72 valence electrons. The summed E-state index contributed by atoms with van der Waals surface area (Å²) < 4.78 is 1.19. The molecule has 1 atom stereocenters. The molecule has 0 heterocycles. The van der Waals surface area contributed by atoms with Gasteiger partial charge in [-0.15, -0.1) is 11.8 Å². The fourth-order valence-corrected chi connectivity index (χ4v) is 2.74. The van der Waals surface area contributed by atoms with Gasteiger partial charge >= 0.3 is 0 Å². The molecule has 0 radical (unpaired) electrons. The van der Waals surface area contributed by atoms with E-state index in [2.05, 4.69) is 53.7 Å². The summed E-state index contributed by atoms with van der Waals surface area (Å²) >= 11 is 9.68. The van der Waals surface area contributed by atoms with E-state index in [1.807, 2.05) is 17.8 Å². The summed E-state index contributed by atoms with van der Waals surface area (Å²) in [6, 6.07) is 8.32. The quantitative estimate of drug-likeness (QED) is 0.638. The molecule has 1 unspecified atom stereocenters. The van der Waals surface area contributed by atoms with Crippen molar-refractivity contribution in [2.45, 2.75) is 11.8 Å². The summed E-state index contributed by atoms with van der Waals surface area (Å²) in [5.41, 5.74) is 0. The lowest BCUT2D eigenvalue weighted by atomic mass is 10.3. The van der Waals surface area contributed by atoms with Crippen LogP contribution in [0.15, 0.2) is 33.6 Å². The fourth-order valence-electron chi connectivity index (χ4n) is 0.847. The molecule has 0 saturated carbocycles. The predicted molar refractivity (Wildman–Crippen MR) is 67.9 cm³/mol. The molecule has 0 aliphatic rings. The summed E-state index contributed by atoms with van der Waals surface area (Å²) in [4.78, 5) is 1.32. The average molecular weight is 277 g/mol. The van der Waals surface area contributed by atoms with Crippen LogP contribution in [0.25, 0.3) is 0 Å². The number of halogens is 1. The van der Waals surface area contributed by atoms with Crippen molar-refractivity contribution in [2.24, 2.45) is 5.92 Å². The molecule has 0 amide bonds. The first-order chi connectivity index (χ1) is 6.24. The molecule has 0 saturated heterocycles. The molecule has 0 aliphatic carbocycles. The Bertz CT molecular complexity index is 263. The van der Waals surface area contributed by atoms with Gasteiger partial charge in [-0.3, -0.25) is 0 Å². The van der Waals surface area contributed by atoms with E-state index < -0.39 is 0 Å². The topological polar surface area (TPSA) is 0 Å². The van der Waals surface area contributed by atoms with Crippen molar-refractivity contribution >= 4 is 40.3 Å². The summed E-state index contributed by atoms with van der Waals surface area (Å²) in [6.45, 7) is 2.22. The number of rotatable bonds is 4. The van der Waals surface area contributed by atoms with E-state index in [9.17, 15) is 0 Å². The fraction of sp³-hybridized carbons (Fsp3) is 0.400. The Morgan fingerprint density at radius 1 is 1.46 bits per heavy atom. The van der Waals surface area contributed by atoms with Crippen molar-refractivity contribution < 1.29 is 0 Å². The van der Waals surface area contributed by atoms with E-state index in [4.69, 9.17) is 0 Å². The van der Waals surface area contributed by atoms with Gasteiger partial charge < -0.3 is 0 Å². The van der Waals surface area contributed by atoms with Gasteiger partial charge in [0.15, 0.2) is 0 Å². The van der Waals surface area contributed by atoms with Crippen molar-refractivity contribution in [1.29, 1.82) is 0 Å². The Morgan fingerprint density at radius 2 is 2.15 bits per heavy atom. The van der Waals surface area contributed by atoms with Crippen molar-refractivity contribution in [3.05, 3.63) is 28.7 Å². The maximum Gasteiger partial charge on any atom is 0.0311 e. The number of hydrogen-bond acceptors (Lipinski definition) is 2. The van der Waals surface area contributed by atoms with Crippen LogP contribution < -0.4 is 0 Å². The lowest BCUT2D eigenvalue weighted by Gasteiger charge is -2.08. The highest BCUT2D eigenvalue weighted by Crippen LogP contribution is 2.28. The van der Waals surface area contributed by atoms with Crippen LogP contribution >= 0.6 is 40.3 Å². The highest BCUT2D eigenvalue weighted by Gasteiger charge is 2.02. The van der Waals surface area contributed by atoms with Gasteiger partial charge in [0.1, 0.15) is 0 Å². The van der Waals surface area contributed by atoms with Crippen molar-refractivity contribution in [2.75, 3.05) is 11.5 Å². The lowest BCUT2D eigenvalue weighted by molar-refractivity contribution is 0.766. The van der Waals surface area contributed by atoms with E-state index in [0.29, 0.717) is 5.92 Å². The molecule has 1 aromatic carbocycles. The zero-order valence-corrected chi connectivity index (χ0v) is 10.8. The van der Waals surface area contributed by atoms with Crippen LogP contribution in [-0.2, 0) is 0 Å². The van der Waals surface area contributed by atoms with E-state index >= 15 is 0 Å². The first-order valence-corrected chi connectivity index (χ1v) is 6.63. The molecule has 0 aliphatic heterocycles. The smallest absolute Gasteiger partial charge is 0.0311 e. The number of thioether (sulfide) groups is 1. The molecule has 1 rings (SSSR count). The van der Waals surface area contributed by atoms with Gasteiger partial charge in [0, 0.05) is 15.1 Å². The molecule has 0 spiro atoms. The Morgan fingerprint density at radius 3 is 2.77 bits per heavy atom. The molecule has 0 bridgehead atoms. The number of benzene rings is 1. The highest BCUT2D eigenvalue weighted by atomic mass is 79.9. The minimum absolute atomic E-state index is 0.667. The minimum Gasteiger partial charge on any atom is -0.179 e. The van der Waals surface area contributed by atoms with Gasteiger partial charge in [-0.25, -0.2) is 0 Å². The first kappa shape index (κ1) is 11.5. The highest BCUT2D eigenvalue weighted by molar-refractivity contribution is 9.10. The summed E-state index contributed by atoms with van der Waals surface area (Å²) in [7, 11) is 0. The zero-order valence-electron chi connectivity index (χ0n) is 7.53. The van der Waals surface area contributed by atoms with Crippen LogP contribution in [0.1, 0.15) is 6.92 Å². The van der Waals surface area contributed by atoms with Crippen molar-refractivity contribution in [1.82, 2.24) is 0 Å². The van der Waals surface area contributed by atoms with Crippen molar-refractivity contribution in [3.63, 3.8) is 0 Å². The van der Waals surface area contributed by atoms with Crippen LogP contribution in [0, 0.1) is 5.92 Å². The number of hydrogen-bond donors (Lipinski definition) is 1. The Labute approximate surface area is 98.0 Å². The molecule has 0 nitrogen and oxygen atoms in total. The summed E-state index contributed by atoms with van der Waals surface area (Å²) in [6.07, 6.45) is 0. The van der Waals surface area contributed by atoms with Gasteiger partial charge in [-0.1, -0.05) is 19.1 Å². The van der Waals surface area contributed by atoms with Gasteiger partial charge in [-0.05, 0) is 39.7 Å². The van der Waals surface area contributed by atoms with E-state index in [1.165, 1.54) is 9.37 Å². The largest absolute Gasteiger partial charge is 0.179 e. The molecule has 3 heteroatoms. The van der Waals surface area contributed by atoms with Crippen LogP contribution in [0.5, 0.6) is 0 Å². The Balaban J connectivity index is 2.50. The first-order valence-electron chi connectivity index (χ1n) is 4.22. The molecular weight excluding hydrogens is 264 g/mol. The van der Waals surface area contributed by atoms with Crippen LogP contribution in [0.4, 0.5) is 0 Å². The molecule has 0 fully saturated rings. The third-order valence-electron chi connectivity index (χ3n) is 1.67. The van der Waals surface area contributed by atoms with Gasteiger partial charge in [-0.2, -0.15) is 12.6 Å². The molecule has 0 aromatic heterocycles. The molecule has 1 aromatic rings. The second-order valence-corrected chi connectivity index (χ2v) is 5.31. The molecule has 13 heavy (non-hydrogen) atoms. The predicted octanol–water partition coefficient (Wildman–Crippen LogP) is 4.11. The average Bonchev–Trinajstić information content (AvgIpc) is 2.16. The van der Waals surface area contributed by atoms with Crippen LogP contribution in [0.3, 0.4) is 0 Å². The Kier molecular flexibility index (Phi) is 5.29. The SMILES string of the molecule is CC(CS)CSc1ccccc1Br. The molecule has 0 N–H and O–H groups in total. The Hall–Kier alpha value is 0.400. The number of thiol groups is 1. The second kappa shape index (κ2) is 5.99. The van der Waals surface area contributed by atoms with Crippen LogP contribution in [0.2, 0.25) is 0 Å². The third-order valence-corrected chi connectivity index (χ3v) is 4.65. The second-order valence-electron chi connectivity index (χ2n) is 3.03.